The molecule has 0 aliphatic carbocycles. The summed E-state index contributed by atoms with van der Waals surface area (Å²) in [6.45, 7) is 0. The summed E-state index contributed by atoms with van der Waals surface area (Å²) in [6.07, 6.45) is 0.603. The number of aromatic nitrogens is 1. The van der Waals surface area contributed by atoms with E-state index in [2.05, 4.69) is 0 Å². The Morgan fingerprint density at radius 2 is 1.85 bits per heavy atom. The van der Waals surface area contributed by atoms with Crippen molar-refractivity contribution in [3.05, 3.63) is 69.8 Å². The molecule has 0 aliphatic heterocycles. The number of hydrogen-bond donors (Lipinski definition) is 0. The minimum absolute atomic E-state index is 0.207. The zero-order valence-electron chi connectivity index (χ0n) is 14.0. The Bertz CT molecular complexity index is 996. The van der Waals surface area contributed by atoms with Gasteiger partial charge in [0.2, 0.25) is 6.10 Å². The number of halogens is 2. The van der Waals surface area contributed by atoms with Crippen molar-refractivity contribution in [2.45, 2.75) is 6.10 Å². The highest BCUT2D eigenvalue weighted by atomic mass is 35.5. The van der Waals surface area contributed by atoms with Crippen LogP contribution in [0.25, 0.3) is 10.9 Å². The van der Waals surface area contributed by atoms with Crippen LogP contribution < -0.4 is 0 Å². The maximum Gasteiger partial charge on any atom is 0.352 e. The van der Waals surface area contributed by atoms with Gasteiger partial charge in [-0.3, -0.25) is 0 Å². The second kappa shape index (κ2) is 7.40. The van der Waals surface area contributed by atoms with Crippen LogP contribution in [0.3, 0.4) is 0 Å². The monoisotopic (exact) mass is 391 g/mol. The Hall–Kier alpha value is -2.50. The van der Waals surface area contributed by atoms with Gasteiger partial charge in [-0.2, -0.15) is 0 Å². The van der Waals surface area contributed by atoms with Gasteiger partial charge >= 0.3 is 11.9 Å². The lowest BCUT2D eigenvalue weighted by atomic mass is 10.1. The van der Waals surface area contributed by atoms with Gasteiger partial charge in [0.25, 0.3) is 0 Å². The van der Waals surface area contributed by atoms with Crippen LogP contribution in [0.5, 0.6) is 0 Å². The van der Waals surface area contributed by atoms with Crippen LogP contribution in [0.1, 0.15) is 22.0 Å². The highest BCUT2D eigenvalue weighted by Crippen LogP contribution is 2.30. The van der Waals surface area contributed by atoms with Crippen LogP contribution in [0.4, 0.5) is 0 Å². The summed E-state index contributed by atoms with van der Waals surface area (Å²) in [7, 11) is 3.09. The van der Waals surface area contributed by atoms with E-state index in [0.29, 0.717) is 16.1 Å². The lowest BCUT2D eigenvalue weighted by Crippen LogP contribution is -2.21. The molecule has 1 heterocycles. The van der Waals surface area contributed by atoms with E-state index in [4.69, 9.17) is 32.7 Å². The van der Waals surface area contributed by atoms with E-state index < -0.39 is 18.0 Å². The molecule has 3 aromatic rings. The molecular weight excluding hydrogens is 377 g/mol. The van der Waals surface area contributed by atoms with Crippen LogP contribution in [-0.2, 0) is 21.3 Å². The number of carbonyl (C=O) groups is 2. The quantitative estimate of drug-likeness (QED) is 0.611. The topological polar surface area (TPSA) is 57.5 Å². The number of hydrogen-bond acceptors (Lipinski definition) is 4. The summed E-state index contributed by atoms with van der Waals surface area (Å²) in [5.74, 6) is -1.39. The fourth-order valence-electron chi connectivity index (χ4n) is 2.62. The molecule has 1 unspecified atom stereocenters. The maximum absolute atomic E-state index is 12.6. The third-order valence-corrected chi connectivity index (χ3v) is 4.57. The average Bonchev–Trinajstić information content (AvgIpc) is 3.00. The SMILES string of the molecule is COC(=O)C(OC(=O)c1ccc2ccn(C)c2c1)c1ccc(Cl)cc1Cl. The predicted octanol–water partition coefficient (Wildman–Crippen LogP) is 4.56. The first-order valence-electron chi connectivity index (χ1n) is 7.69. The summed E-state index contributed by atoms with van der Waals surface area (Å²) in [6, 6.07) is 11.7. The molecule has 5 nitrogen and oxygen atoms in total. The highest BCUT2D eigenvalue weighted by Gasteiger charge is 2.28. The molecule has 0 radical (unpaired) electrons. The zero-order valence-corrected chi connectivity index (χ0v) is 15.5. The van der Waals surface area contributed by atoms with E-state index in [-0.39, 0.29) is 5.02 Å². The molecule has 0 spiro atoms. The van der Waals surface area contributed by atoms with E-state index in [1.807, 2.05) is 29.9 Å². The van der Waals surface area contributed by atoms with Crippen molar-refractivity contribution in [3.8, 4) is 0 Å². The van der Waals surface area contributed by atoms with Crippen molar-refractivity contribution in [2.75, 3.05) is 7.11 Å². The van der Waals surface area contributed by atoms with Crippen LogP contribution in [0, 0.1) is 0 Å². The van der Waals surface area contributed by atoms with Crippen molar-refractivity contribution >= 4 is 46.0 Å². The summed E-state index contributed by atoms with van der Waals surface area (Å²) < 4.78 is 12.1. The Morgan fingerprint density at radius 1 is 1.08 bits per heavy atom. The minimum Gasteiger partial charge on any atom is -0.466 e. The first kappa shape index (κ1) is 18.3. The normalized spacial score (nSPS) is 12.0. The molecule has 7 heteroatoms. The molecule has 0 N–H and O–H groups in total. The van der Waals surface area contributed by atoms with Crippen LogP contribution in [0.15, 0.2) is 48.7 Å². The summed E-state index contributed by atoms with van der Waals surface area (Å²) in [4.78, 5) is 24.7. The van der Waals surface area contributed by atoms with Crippen LogP contribution >= 0.6 is 23.2 Å². The van der Waals surface area contributed by atoms with Gasteiger partial charge in [0.05, 0.1) is 12.7 Å². The largest absolute Gasteiger partial charge is 0.466 e. The fraction of sp³-hybridized carbons (Fsp3) is 0.158. The molecule has 0 saturated carbocycles. The number of fused-ring (bicyclic) bond motifs is 1. The standard InChI is InChI=1S/C19H15Cl2NO4/c1-22-8-7-11-3-4-12(9-16(11)22)18(23)26-17(19(24)25-2)14-6-5-13(20)10-15(14)21/h3-10,17H,1-2H3. The second-order valence-electron chi connectivity index (χ2n) is 5.67. The molecule has 0 aliphatic rings. The number of methoxy groups -OCH3 is 1. The number of esters is 2. The number of carbonyl (C=O) groups excluding carboxylic acids is 2. The van der Waals surface area contributed by atoms with Crippen molar-refractivity contribution in [1.82, 2.24) is 4.57 Å². The molecule has 0 bridgehead atoms. The molecule has 0 fully saturated rings. The smallest absolute Gasteiger partial charge is 0.352 e. The maximum atomic E-state index is 12.6. The van der Waals surface area contributed by atoms with Gasteiger partial charge in [0.1, 0.15) is 0 Å². The molecule has 0 amide bonds. The number of benzene rings is 2. The van der Waals surface area contributed by atoms with Crippen molar-refractivity contribution in [1.29, 1.82) is 0 Å². The lowest BCUT2D eigenvalue weighted by molar-refractivity contribution is -0.151. The summed E-state index contributed by atoms with van der Waals surface area (Å²) in [5, 5.41) is 1.61. The molecule has 1 aromatic heterocycles. The Morgan fingerprint density at radius 3 is 2.54 bits per heavy atom. The van der Waals surface area contributed by atoms with Gasteiger partial charge in [-0.05, 0) is 35.7 Å². The Kier molecular flexibility index (Phi) is 5.20. The Labute approximate surface area is 160 Å². The van der Waals surface area contributed by atoms with Gasteiger partial charge in [-0.25, -0.2) is 9.59 Å². The molecule has 2 aromatic carbocycles. The van der Waals surface area contributed by atoms with Crippen LogP contribution in [-0.4, -0.2) is 23.6 Å². The molecule has 134 valence electrons. The summed E-state index contributed by atoms with van der Waals surface area (Å²) in [5.41, 5.74) is 1.49. The molecular formula is C19H15Cl2NO4. The van der Waals surface area contributed by atoms with Gasteiger partial charge < -0.3 is 14.0 Å². The van der Waals surface area contributed by atoms with Gasteiger partial charge in [-0.15, -0.1) is 0 Å². The fourth-order valence-corrected chi connectivity index (χ4v) is 3.13. The zero-order chi connectivity index (χ0) is 18.8. The Balaban J connectivity index is 1.93. The third-order valence-electron chi connectivity index (χ3n) is 4.01. The average molecular weight is 392 g/mol. The van der Waals surface area contributed by atoms with E-state index in [1.54, 1.807) is 18.2 Å². The molecule has 1 atom stereocenters. The second-order valence-corrected chi connectivity index (χ2v) is 6.52. The molecule has 3 rings (SSSR count). The van der Waals surface area contributed by atoms with E-state index in [0.717, 1.165) is 10.9 Å². The first-order chi connectivity index (χ1) is 12.4. The van der Waals surface area contributed by atoms with E-state index >= 15 is 0 Å². The van der Waals surface area contributed by atoms with Gasteiger partial charge in [0.15, 0.2) is 0 Å². The van der Waals surface area contributed by atoms with Gasteiger partial charge in [-0.1, -0.05) is 35.3 Å². The van der Waals surface area contributed by atoms with Gasteiger partial charge in [0, 0.05) is 34.4 Å². The van der Waals surface area contributed by atoms with Crippen LogP contribution in [0.2, 0.25) is 10.0 Å². The summed E-state index contributed by atoms with van der Waals surface area (Å²) >= 11 is 12.0. The number of aryl methyl sites for hydroxylation is 1. The number of rotatable bonds is 4. The minimum atomic E-state index is -1.29. The first-order valence-corrected chi connectivity index (χ1v) is 8.45. The van der Waals surface area contributed by atoms with Crippen molar-refractivity contribution in [3.63, 3.8) is 0 Å². The highest BCUT2D eigenvalue weighted by molar-refractivity contribution is 6.35. The molecule has 0 saturated heterocycles. The van der Waals surface area contributed by atoms with Crippen molar-refractivity contribution < 1.29 is 19.1 Å². The van der Waals surface area contributed by atoms with E-state index in [1.165, 1.54) is 19.2 Å². The number of ether oxygens (including phenoxy) is 2. The van der Waals surface area contributed by atoms with E-state index in [9.17, 15) is 9.59 Å². The molecule has 26 heavy (non-hydrogen) atoms. The third kappa shape index (κ3) is 3.54. The predicted molar refractivity (Wildman–Crippen MR) is 99.6 cm³/mol. The lowest BCUT2D eigenvalue weighted by Gasteiger charge is -2.17. The number of nitrogens with zero attached hydrogens (tertiary/aromatic N) is 1. The van der Waals surface area contributed by atoms with Crippen molar-refractivity contribution in [2.24, 2.45) is 7.05 Å².